The van der Waals surface area contributed by atoms with E-state index in [1.54, 1.807) is 0 Å². The molecule has 0 aliphatic heterocycles. The minimum atomic E-state index is -0.00538. The van der Waals surface area contributed by atoms with Gasteiger partial charge in [-0.1, -0.05) is 39.8 Å². The lowest BCUT2D eigenvalue weighted by Gasteiger charge is -2.22. The normalized spacial score (nSPS) is 12.9. The molecule has 1 aromatic rings. The SMILES string of the molecule is CCC(CC#N)Oc1ccc(C(C)(C)C)cc1C. The molecule has 0 radical (unpaired) electrons. The molecule has 0 heterocycles. The van der Waals surface area contributed by atoms with Crippen molar-refractivity contribution in [1.82, 2.24) is 0 Å². The summed E-state index contributed by atoms with van der Waals surface area (Å²) in [6.07, 6.45) is 1.29. The second-order valence-corrected chi connectivity index (χ2v) is 5.74. The summed E-state index contributed by atoms with van der Waals surface area (Å²) in [5, 5.41) is 8.74. The van der Waals surface area contributed by atoms with Crippen LogP contribution in [0, 0.1) is 18.3 Å². The van der Waals surface area contributed by atoms with Crippen LogP contribution in [0.4, 0.5) is 0 Å². The van der Waals surface area contributed by atoms with Gasteiger partial charge in [0, 0.05) is 0 Å². The number of benzene rings is 1. The number of nitriles is 1. The second-order valence-electron chi connectivity index (χ2n) is 5.74. The highest BCUT2D eigenvalue weighted by Crippen LogP contribution is 2.28. The van der Waals surface area contributed by atoms with E-state index < -0.39 is 0 Å². The molecule has 0 aliphatic rings. The van der Waals surface area contributed by atoms with E-state index in [1.807, 2.05) is 13.0 Å². The molecule has 0 saturated carbocycles. The Labute approximate surface area is 111 Å². The molecule has 0 spiro atoms. The molecule has 0 bridgehead atoms. The summed E-state index contributed by atoms with van der Waals surface area (Å²) in [6, 6.07) is 8.48. The summed E-state index contributed by atoms with van der Waals surface area (Å²) >= 11 is 0. The number of ether oxygens (including phenoxy) is 1. The summed E-state index contributed by atoms with van der Waals surface area (Å²) < 4.78 is 5.88. The van der Waals surface area contributed by atoms with Crippen molar-refractivity contribution < 1.29 is 4.74 Å². The van der Waals surface area contributed by atoms with E-state index in [2.05, 4.69) is 45.9 Å². The lowest BCUT2D eigenvalue weighted by Crippen LogP contribution is -2.16. The van der Waals surface area contributed by atoms with Crippen LogP contribution in [0.5, 0.6) is 5.75 Å². The Morgan fingerprint density at radius 1 is 1.33 bits per heavy atom. The third-order valence-corrected chi connectivity index (χ3v) is 3.11. The Balaban J connectivity index is 2.90. The Kier molecular flexibility index (Phi) is 4.78. The predicted octanol–water partition coefficient (Wildman–Crippen LogP) is 4.36. The highest BCUT2D eigenvalue weighted by Gasteiger charge is 2.16. The molecule has 0 amide bonds. The van der Waals surface area contributed by atoms with Crippen molar-refractivity contribution in [3.05, 3.63) is 29.3 Å². The lowest BCUT2D eigenvalue weighted by atomic mass is 9.86. The van der Waals surface area contributed by atoms with Gasteiger partial charge in [-0.05, 0) is 36.0 Å². The van der Waals surface area contributed by atoms with Gasteiger partial charge in [-0.25, -0.2) is 0 Å². The maximum Gasteiger partial charge on any atom is 0.122 e. The van der Waals surface area contributed by atoms with Crippen molar-refractivity contribution in [2.75, 3.05) is 0 Å². The average molecular weight is 245 g/mol. The highest BCUT2D eigenvalue weighted by molar-refractivity contribution is 5.38. The van der Waals surface area contributed by atoms with Gasteiger partial charge in [0.05, 0.1) is 12.5 Å². The maximum absolute atomic E-state index is 8.74. The first-order valence-corrected chi connectivity index (χ1v) is 6.53. The van der Waals surface area contributed by atoms with Crippen molar-refractivity contribution in [3.8, 4) is 11.8 Å². The van der Waals surface area contributed by atoms with Crippen LogP contribution in [0.25, 0.3) is 0 Å². The highest BCUT2D eigenvalue weighted by atomic mass is 16.5. The smallest absolute Gasteiger partial charge is 0.122 e. The van der Waals surface area contributed by atoms with Crippen LogP contribution >= 0.6 is 0 Å². The number of nitrogens with zero attached hydrogens (tertiary/aromatic N) is 1. The van der Waals surface area contributed by atoms with Crippen molar-refractivity contribution in [2.24, 2.45) is 0 Å². The minimum absolute atomic E-state index is 0.00538. The topological polar surface area (TPSA) is 33.0 Å². The van der Waals surface area contributed by atoms with E-state index in [0.717, 1.165) is 17.7 Å². The lowest BCUT2D eigenvalue weighted by molar-refractivity contribution is 0.201. The molecule has 0 saturated heterocycles. The van der Waals surface area contributed by atoms with E-state index in [-0.39, 0.29) is 11.5 Å². The molecule has 2 heteroatoms. The molecule has 1 atom stereocenters. The Bertz CT molecular complexity index is 437. The molecule has 2 nitrogen and oxygen atoms in total. The molecule has 0 aliphatic carbocycles. The number of hydrogen-bond acceptors (Lipinski definition) is 2. The zero-order valence-electron chi connectivity index (χ0n) is 12.1. The van der Waals surface area contributed by atoms with Gasteiger partial charge in [-0.15, -0.1) is 0 Å². The first-order valence-electron chi connectivity index (χ1n) is 6.53. The van der Waals surface area contributed by atoms with Crippen LogP contribution in [-0.2, 0) is 5.41 Å². The van der Waals surface area contributed by atoms with Crippen molar-refractivity contribution >= 4 is 0 Å². The van der Waals surface area contributed by atoms with Crippen LogP contribution in [0.3, 0.4) is 0 Å². The van der Waals surface area contributed by atoms with Gasteiger partial charge >= 0.3 is 0 Å². The maximum atomic E-state index is 8.74. The first kappa shape index (κ1) is 14.6. The summed E-state index contributed by atoms with van der Waals surface area (Å²) in [4.78, 5) is 0. The van der Waals surface area contributed by atoms with Gasteiger partial charge in [0.2, 0.25) is 0 Å². The number of aryl methyl sites for hydroxylation is 1. The van der Waals surface area contributed by atoms with Crippen molar-refractivity contribution in [2.45, 2.75) is 59.0 Å². The van der Waals surface area contributed by atoms with E-state index in [4.69, 9.17) is 10.00 Å². The summed E-state index contributed by atoms with van der Waals surface area (Å²) in [7, 11) is 0. The molecule has 0 N–H and O–H groups in total. The molecule has 1 unspecified atom stereocenters. The largest absolute Gasteiger partial charge is 0.489 e. The molecular weight excluding hydrogens is 222 g/mol. The van der Waals surface area contributed by atoms with Gasteiger partial charge in [-0.2, -0.15) is 5.26 Å². The van der Waals surface area contributed by atoms with E-state index in [1.165, 1.54) is 5.56 Å². The Morgan fingerprint density at radius 3 is 2.44 bits per heavy atom. The number of hydrogen-bond donors (Lipinski definition) is 0. The second kappa shape index (κ2) is 5.91. The van der Waals surface area contributed by atoms with Crippen LogP contribution in [-0.4, -0.2) is 6.10 Å². The predicted molar refractivity (Wildman–Crippen MR) is 74.8 cm³/mol. The fourth-order valence-electron chi connectivity index (χ4n) is 1.80. The average Bonchev–Trinajstić information content (AvgIpc) is 2.29. The molecule has 98 valence electrons. The summed E-state index contributed by atoms with van der Waals surface area (Å²) in [5.41, 5.74) is 2.60. The fraction of sp³-hybridized carbons (Fsp3) is 0.562. The monoisotopic (exact) mass is 245 g/mol. The Morgan fingerprint density at radius 2 is 2.00 bits per heavy atom. The fourth-order valence-corrected chi connectivity index (χ4v) is 1.80. The third-order valence-electron chi connectivity index (χ3n) is 3.11. The molecule has 1 rings (SSSR count). The molecular formula is C16H23NO. The number of rotatable bonds is 4. The minimum Gasteiger partial charge on any atom is -0.489 e. The van der Waals surface area contributed by atoms with Crippen LogP contribution < -0.4 is 4.74 Å². The van der Waals surface area contributed by atoms with Gasteiger partial charge < -0.3 is 4.74 Å². The zero-order valence-corrected chi connectivity index (χ0v) is 12.1. The van der Waals surface area contributed by atoms with Gasteiger partial charge in [0.25, 0.3) is 0 Å². The van der Waals surface area contributed by atoms with E-state index in [9.17, 15) is 0 Å². The molecule has 0 fully saturated rings. The summed E-state index contributed by atoms with van der Waals surface area (Å²) in [5.74, 6) is 0.894. The standard InChI is InChI=1S/C16H23NO/c1-6-14(9-10-17)18-15-8-7-13(11-12(15)2)16(3,4)5/h7-8,11,14H,6,9H2,1-5H3. The van der Waals surface area contributed by atoms with Crippen LogP contribution in [0.1, 0.15) is 51.7 Å². The van der Waals surface area contributed by atoms with Gasteiger partial charge in [0.15, 0.2) is 0 Å². The molecule has 1 aromatic carbocycles. The summed E-state index contributed by atoms with van der Waals surface area (Å²) in [6.45, 7) is 10.7. The molecule has 18 heavy (non-hydrogen) atoms. The quantitative estimate of drug-likeness (QED) is 0.789. The van der Waals surface area contributed by atoms with Gasteiger partial charge in [0.1, 0.15) is 11.9 Å². The van der Waals surface area contributed by atoms with E-state index >= 15 is 0 Å². The van der Waals surface area contributed by atoms with Crippen molar-refractivity contribution in [1.29, 1.82) is 5.26 Å². The molecule has 0 aromatic heterocycles. The third kappa shape index (κ3) is 3.77. The van der Waals surface area contributed by atoms with Crippen LogP contribution in [0.15, 0.2) is 18.2 Å². The van der Waals surface area contributed by atoms with E-state index in [0.29, 0.717) is 6.42 Å². The van der Waals surface area contributed by atoms with Crippen molar-refractivity contribution in [3.63, 3.8) is 0 Å². The zero-order chi connectivity index (χ0) is 13.8. The van der Waals surface area contributed by atoms with Gasteiger partial charge in [-0.3, -0.25) is 0 Å². The van der Waals surface area contributed by atoms with Crippen LogP contribution in [0.2, 0.25) is 0 Å². The first-order chi connectivity index (χ1) is 8.38. The Hall–Kier alpha value is -1.49.